The van der Waals surface area contributed by atoms with Gasteiger partial charge in [0, 0.05) is 32.6 Å². The van der Waals surface area contributed by atoms with E-state index in [1.807, 2.05) is 12.1 Å². The maximum absolute atomic E-state index is 11.7. The highest BCUT2D eigenvalue weighted by atomic mass is 32.1. The molecule has 0 spiro atoms. The van der Waals surface area contributed by atoms with E-state index in [2.05, 4.69) is 5.32 Å². The molecule has 0 atom stereocenters. The first-order valence-corrected chi connectivity index (χ1v) is 6.66. The number of amides is 2. The number of carbonyl (C=O) groups excluding carboxylic acids is 2. The normalized spacial score (nSPS) is 9.90. The summed E-state index contributed by atoms with van der Waals surface area (Å²) in [5.74, 6) is -0.120. The van der Waals surface area contributed by atoms with Crippen molar-refractivity contribution in [2.75, 3.05) is 20.6 Å². The van der Waals surface area contributed by atoms with Crippen LogP contribution in [0.4, 0.5) is 0 Å². The molecule has 0 bridgehead atoms. The molecule has 1 rings (SSSR count). The standard InChI is InChI=1S/C14H19N3O2S/c1-17(2)13(19)7-8-16-12(18)9-10-3-5-11(6-4-10)14(15)20/h3-6H,7-9H2,1-2H3,(H2,15,20)(H,16,18). The van der Waals surface area contributed by atoms with Crippen molar-refractivity contribution < 1.29 is 9.59 Å². The summed E-state index contributed by atoms with van der Waals surface area (Å²) in [6.45, 7) is 0.348. The molecular formula is C14H19N3O2S. The van der Waals surface area contributed by atoms with E-state index in [1.165, 1.54) is 4.90 Å². The van der Waals surface area contributed by atoms with Gasteiger partial charge < -0.3 is 16.0 Å². The summed E-state index contributed by atoms with van der Waals surface area (Å²) < 4.78 is 0. The van der Waals surface area contributed by atoms with Gasteiger partial charge in [-0.2, -0.15) is 0 Å². The van der Waals surface area contributed by atoms with Gasteiger partial charge in [-0.15, -0.1) is 0 Å². The van der Waals surface area contributed by atoms with Crippen molar-refractivity contribution in [3.8, 4) is 0 Å². The molecule has 0 aromatic heterocycles. The topological polar surface area (TPSA) is 75.4 Å². The van der Waals surface area contributed by atoms with E-state index in [-0.39, 0.29) is 18.2 Å². The monoisotopic (exact) mass is 293 g/mol. The summed E-state index contributed by atoms with van der Waals surface area (Å²) in [4.78, 5) is 24.9. The van der Waals surface area contributed by atoms with Gasteiger partial charge in [-0.3, -0.25) is 9.59 Å². The highest BCUT2D eigenvalue weighted by Gasteiger charge is 2.06. The number of hydrogen-bond donors (Lipinski definition) is 2. The molecule has 0 unspecified atom stereocenters. The van der Waals surface area contributed by atoms with Crippen LogP contribution in [0.3, 0.4) is 0 Å². The third-order valence-electron chi connectivity index (χ3n) is 2.76. The fourth-order valence-corrected chi connectivity index (χ4v) is 1.70. The quantitative estimate of drug-likeness (QED) is 0.747. The van der Waals surface area contributed by atoms with Crippen molar-refractivity contribution in [1.82, 2.24) is 10.2 Å². The first-order valence-electron chi connectivity index (χ1n) is 6.25. The second-order valence-electron chi connectivity index (χ2n) is 4.63. The predicted molar refractivity (Wildman–Crippen MR) is 82.4 cm³/mol. The van der Waals surface area contributed by atoms with Crippen LogP contribution >= 0.6 is 12.2 Å². The van der Waals surface area contributed by atoms with Crippen LogP contribution in [0, 0.1) is 0 Å². The van der Waals surface area contributed by atoms with Crippen LogP contribution in [-0.4, -0.2) is 42.3 Å². The largest absolute Gasteiger partial charge is 0.389 e. The summed E-state index contributed by atoms with van der Waals surface area (Å²) in [7, 11) is 3.38. The molecule has 108 valence electrons. The minimum absolute atomic E-state index is 0.00823. The van der Waals surface area contributed by atoms with Gasteiger partial charge in [0.2, 0.25) is 11.8 Å². The van der Waals surface area contributed by atoms with Crippen LogP contribution in [0.5, 0.6) is 0 Å². The van der Waals surface area contributed by atoms with Crippen molar-refractivity contribution in [2.45, 2.75) is 12.8 Å². The predicted octanol–water partition coefficient (Wildman–Crippen LogP) is 0.458. The van der Waals surface area contributed by atoms with Gasteiger partial charge in [-0.1, -0.05) is 36.5 Å². The second-order valence-corrected chi connectivity index (χ2v) is 5.07. The highest BCUT2D eigenvalue weighted by molar-refractivity contribution is 7.80. The van der Waals surface area contributed by atoms with Crippen LogP contribution in [0.15, 0.2) is 24.3 Å². The highest BCUT2D eigenvalue weighted by Crippen LogP contribution is 2.05. The van der Waals surface area contributed by atoms with Gasteiger partial charge in [0.15, 0.2) is 0 Å². The van der Waals surface area contributed by atoms with Gasteiger partial charge in [0.05, 0.1) is 6.42 Å². The Morgan fingerprint density at radius 3 is 2.35 bits per heavy atom. The molecular weight excluding hydrogens is 274 g/mol. The van der Waals surface area contributed by atoms with Gasteiger partial charge in [-0.05, 0) is 5.56 Å². The Morgan fingerprint density at radius 1 is 1.25 bits per heavy atom. The molecule has 20 heavy (non-hydrogen) atoms. The average Bonchev–Trinajstić information content (AvgIpc) is 2.39. The lowest BCUT2D eigenvalue weighted by molar-refractivity contribution is -0.128. The Balaban J connectivity index is 2.39. The summed E-state index contributed by atoms with van der Waals surface area (Å²) in [5, 5.41) is 2.72. The maximum atomic E-state index is 11.7. The fourth-order valence-electron chi connectivity index (χ4n) is 1.57. The maximum Gasteiger partial charge on any atom is 0.224 e. The Hall–Kier alpha value is -1.95. The van der Waals surface area contributed by atoms with Crippen LogP contribution in [0.25, 0.3) is 0 Å². The SMILES string of the molecule is CN(C)C(=O)CCNC(=O)Cc1ccc(C(N)=S)cc1. The van der Waals surface area contributed by atoms with Gasteiger partial charge >= 0.3 is 0 Å². The smallest absolute Gasteiger partial charge is 0.224 e. The zero-order valence-corrected chi connectivity index (χ0v) is 12.5. The first kappa shape index (κ1) is 16.1. The molecule has 1 aromatic carbocycles. The number of nitrogens with two attached hydrogens (primary N) is 1. The number of nitrogens with zero attached hydrogens (tertiary/aromatic N) is 1. The van der Waals surface area contributed by atoms with Crippen LogP contribution in [-0.2, 0) is 16.0 Å². The molecule has 5 nitrogen and oxygen atoms in total. The Morgan fingerprint density at radius 2 is 1.85 bits per heavy atom. The van der Waals surface area contributed by atoms with Gasteiger partial charge in [0.25, 0.3) is 0 Å². The van der Waals surface area contributed by atoms with E-state index < -0.39 is 0 Å². The number of rotatable bonds is 6. The lowest BCUT2D eigenvalue weighted by atomic mass is 10.1. The number of nitrogens with one attached hydrogen (secondary N) is 1. The Labute approximate surface area is 124 Å². The zero-order chi connectivity index (χ0) is 15.1. The molecule has 0 saturated carbocycles. The summed E-state index contributed by atoms with van der Waals surface area (Å²) in [6, 6.07) is 7.22. The van der Waals surface area contributed by atoms with Crippen molar-refractivity contribution >= 4 is 29.0 Å². The number of thiocarbonyl (C=S) groups is 1. The van der Waals surface area contributed by atoms with E-state index in [0.29, 0.717) is 18.0 Å². The second kappa shape index (κ2) is 7.59. The third kappa shape index (κ3) is 5.36. The van der Waals surface area contributed by atoms with E-state index >= 15 is 0 Å². The number of carbonyl (C=O) groups is 2. The lowest BCUT2D eigenvalue weighted by Crippen LogP contribution is -2.31. The molecule has 0 heterocycles. The molecule has 0 saturated heterocycles. The zero-order valence-electron chi connectivity index (χ0n) is 11.7. The molecule has 3 N–H and O–H groups in total. The van der Waals surface area contributed by atoms with E-state index in [0.717, 1.165) is 11.1 Å². The van der Waals surface area contributed by atoms with E-state index in [1.54, 1.807) is 26.2 Å². The number of hydrogen-bond acceptors (Lipinski definition) is 3. The Kier molecular flexibility index (Phi) is 6.11. The van der Waals surface area contributed by atoms with Crippen molar-refractivity contribution in [3.05, 3.63) is 35.4 Å². The van der Waals surface area contributed by atoms with Gasteiger partial charge in [-0.25, -0.2) is 0 Å². The van der Waals surface area contributed by atoms with E-state index in [4.69, 9.17) is 18.0 Å². The molecule has 6 heteroatoms. The fraction of sp³-hybridized carbons (Fsp3) is 0.357. The minimum Gasteiger partial charge on any atom is -0.389 e. The summed E-state index contributed by atoms with van der Waals surface area (Å²) in [5.41, 5.74) is 7.15. The molecule has 2 amide bonds. The molecule has 0 aliphatic rings. The van der Waals surface area contributed by atoms with Crippen LogP contribution in [0.1, 0.15) is 17.5 Å². The van der Waals surface area contributed by atoms with Crippen molar-refractivity contribution in [3.63, 3.8) is 0 Å². The molecule has 0 aliphatic heterocycles. The minimum atomic E-state index is -0.111. The third-order valence-corrected chi connectivity index (χ3v) is 3.00. The molecule has 0 radical (unpaired) electrons. The number of benzene rings is 1. The summed E-state index contributed by atoms with van der Waals surface area (Å²) in [6.07, 6.45) is 0.576. The lowest BCUT2D eigenvalue weighted by Gasteiger charge is -2.10. The molecule has 1 aromatic rings. The molecule has 0 aliphatic carbocycles. The molecule has 0 fully saturated rings. The summed E-state index contributed by atoms with van der Waals surface area (Å²) >= 11 is 4.86. The van der Waals surface area contributed by atoms with Crippen molar-refractivity contribution in [1.29, 1.82) is 0 Å². The van der Waals surface area contributed by atoms with Crippen molar-refractivity contribution in [2.24, 2.45) is 5.73 Å². The van der Waals surface area contributed by atoms with Crippen LogP contribution in [0.2, 0.25) is 0 Å². The van der Waals surface area contributed by atoms with Crippen LogP contribution < -0.4 is 11.1 Å². The first-order chi connectivity index (χ1) is 9.40. The Bertz CT molecular complexity index is 498. The average molecular weight is 293 g/mol. The van der Waals surface area contributed by atoms with Gasteiger partial charge in [0.1, 0.15) is 4.99 Å². The van der Waals surface area contributed by atoms with E-state index in [9.17, 15) is 9.59 Å².